The second kappa shape index (κ2) is 9.72. The van der Waals surface area contributed by atoms with Crippen molar-refractivity contribution in [1.82, 2.24) is 0 Å². The molecule has 4 heteroatoms. The van der Waals surface area contributed by atoms with Crippen molar-refractivity contribution < 1.29 is 9.53 Å². The van der Waals surface area contributed by atoms with E-state index in [4.69, 9.17) is 4.74 Å². The molecular formula is C23H28I2O2. The maximum absolute atomic E-state index is 12.7. The van der Waals surface area contributed by atoms with Gasteiger partial charge in [-0.25, -0.2) is 4.79 Å². The fourth-order valence-corrected chi connectivity index (χ4v) is 4.19. The van der Waals surface area contributed by atoms with Crippen LogP contribution >= 0.6 is 45.2 Å². The van der Waals surface area contributed by atoms with Crippen LogP contribution in [0.2, 0.25) is 0 Å². The second-order valence-electron chi connectivity index (χ2n) is 7.84. The Balaban J connectivity index is 2.39. The van der Waals surface area contributed by atoms with E-state index in [2.05, 4.69) is 98.9 Å². The molecule has 0 saturated heterocycles. The van der Waals surface area contributed by atoms with Crippen LogP contribution in [0, 0.1) is 7.14 Å². The summed E-state index contributed by atoms with van der Waals surface area (Å²) in [4.78, 5) is 12.7. The lowest BCUT2D eigenvalue weighted by molar-refractivity contribution is 0.0469. The molecule has 146 valence electrons. The van der Waals surface area contributed by atoms with Crippen molar-refractivity contribution in [2.24, 2.45) is 0 Å². The first kappa shape index (κ1) is 22.7. The number of benzene rings is 2. The Morgan fingerprint density at radius 3 is 1.93 bits per heavy atom. The van der Waals surface area contributed by atoms with Crippen LogP contribution in [0.1, 0.15) is 91.9 Å². The van der Waals surface area contributed by atoms with Crippen LogP contribution in [0.15, 0.2) is 30.3 Å². The summed E-state index contributed by atoms with van der Waals surface area (Å²) in [7, 11) is 0. The third-order valence-electron chi connectivity index (χ3n) is 4.75. The van der Waals surface area contributed by atoms with Gasteiger partial charge in [0.15, 0.2) is 0 Å². The first-order valence-electron chi connectivity index (χ1n) is 9.40. The number of hydrogen-bond acceptors (Lipinski definition) is 2. The van der Waals surface area contributed by atoms with Crippen molar-refractivity contribution in [1.29, 1.82) is 0 Å². The zero-order valence-corrected chi connectivity index (χ0v) is 21.2. The van der Waals surface area contributed by atoms with Gasteiger partial charge in [0.1, 0.15) is 6.61 Å². The molecule has 0 aliphatic heterocycles. The van der Waals surface area contributed by atoms with Crippen LogP contribution in [0.25, 0.3) is 0 Å². The van der Waals surface area contributed by atoms with E-state index in [0.29, 0.717) is 29.9 Å². The topological polar surface area (TPSA) is 26.3 Å². The van der Waals surface area contributed by atoms with Crippen LogP contribution in [-0.2, 0) is 11.3 Å². The van der Waals surface area contributed by atoms with E-state index < -0.39 is 0 Å². The number of rotatable bonds is 6. The van der Waals surface area contributed by atoms with Crippen molar-refractivity contribution >= 4 is 51.2 Å². The van der Waals surface area contributed by atoms with E-state index in [9.17, 15) is 4.79 Å². The van der Waals surface area contributed by atoms with Gasteiger partial charge < -0.3 is 4.74 Å². The molecule has 0 unspecified atom stereocenters. The molecule has 0 aliphatic rings. The van der Waals surface area contributed by atoms with Gasteiger partial charge >= 0.3 is 5.97 Å². The predicted molar refractivity (Wildman–Crippen MR) is 130 cm³/mol. The molecule has 2 aromatic rings. The third kappa shape index (κ3) is 5.68. The molecule has 0 aromatic heterocycles. The fraction of sp³-hybridized carbons (Fsp3) is 0.435. The average Bonchev–Trinajstić information content (AvgIpc) is 2.60. The van der Waals surface area contributed by atoms with Crippen LogP contribution in [0.3, 0.4) is 0 Å². The van der Waals surface area contributed by atoms with Crippen LogP contribution in [0.4, 0.5) is 0 Å². The van der Waals surface area contributed by atoms with Crippen molar-refractivity contribution in [2.75, 3.05) is 0 Å². The summed E-state index contributed by atoms with van der Waals surface area (Å²) < 4.78 is 7.74. The lowest BCUT2D eigenvalue weighted by Gasteiger charge is -2.23. The first-order valence-corrected chi connectivity index (χ1v) is 11.6. The number of halogens is 2. The summed E-state index contributed by atoms with van der Waals surface area (Å²) in [5, 5.41) is 0. The number of hydrogen-bond donors (Lipinski definition) is 0. The molecule has 0 fully saturated rings. The molecule has 0 spiro atoms. The summed E-state index contributed by atoms with van der Waals surface area (Å²) in [5.41, 5.74) is 5.73. The minimum Gasteiger partial charge on any atom is -0.457 e. The third-order valence-corrected chi connectivity index (χ3v) is 6.36. The Morgan fingerprint density at radius 1 is 0.889 bits per heavy atom. The van der Waals surface area contributed by atoms with Gasteiger partial charge in [0.05, 0.1) is 5.56 Å². The maximum atomic E-state index is 12.7. The van der Waals surface area contributed by atoms with Crippen molar-refractivity contribution in [2.45, 2.75) is 65.9 Å². The van der Waals surface area contributed by atoms with E-state index in [1.807, 2.05) is 18.2 Å². The molecule has 2 nitrogen and oxygen atoms in total. The van der Waals surface area contributed by atoms with E-state index in [0.717, 1.165) is 7.14 Å². The standard InChI is InChI=1S/C23H28I2O2/c1-13(2)16-9-18(14(3)4)21(19(10-16)15(5)6)12-27-23(26)20-11-17(24)7-8-22(20)25/h7-11,13-15H,12H2,1-6H3. The second-order valence-corrected chi connectivity index (χ2v) is 10.3. The minimum absolute atomic E-state index is 0.254. The zero-order chi connectivity index (χ0) is 20.3. The Kier molecular flexibility index (Phi) is 8.16. The first-order chi connectivity index (χ1) is 12.6. The van der Waals surface area contributed by atoms with Gasteiger partial charge in [-0.3, -0.25) is 0 Å². The van der Waals surface area contributed by atoms with Gasteiger partial charge in [0.2, 0.25) is 0 Å². The lowest BCUT2D eigenvalue weighted by atomic mass is 9.85. The van der Waals surface area contributed by atoms with Crippen LogP contribution in [-0.4, -0.2) is 5.97 Å². The summed E-state index contributed by atoms with van der Waals surface area (Å²) in [6, 6.07) is 10.4. The highest BCUT2D eigenvalue weighted by Crippen LogP contribution is 2.33. The van der Waals surface area contributed by atoms with Crippen molar-refractivity contribution in [3.05, 3.63) is 65.3 Å². The molecule has 0 bridgehead atoms. The Morgan fingerprint density at radius 2 is 1.44 bits per heavy atom. The van der Waals surface area contributed by atoms with E-state index in [1.54, 1.807) is 0 Å². The molecule has 0 N–H and O–H groups in total. The number of esters is 1. The van der Waals surface area contributed by atoms with Gasteiger partial charge in [-0.1, -0.05) is 53.7 Å². The fourth-order valence-electron chi connectivity index (χ4n) is 3.14. The van der Waals surface area contributed by atoms with Crippen LogP contribution < -0.4 is 0 Å². The van der Waals surface area contributed by atoms with Crippen LogP contribution in [0.5, 0.6) is 0 Å². The number of carbonyl (C=O) groups excluding carboxylic acids is 1. The SMILES string of the molecule is CC(C)c1cc(C(C)C)c(COC(=O)c2cc(I)ccc2I)c(C(C)C)c1. The van der Waals surface area contributed by atoms with E-state index in [-0.39, 0.29) is 5.97 Å². The highest BCUT2D eigenvalue weighted by atomic mass is 127. The highest BCUT2D eigenvalue weighted by Gasteiger charge is 2.19. The summed E-state index contributed by atoms with van der Waals surface area (Å²) in [6.07, 6.45) is 0. The monoisotopic (exact) mass is 590 g/mol. The highest BCUT2D eigenvalue weighted by molar-refractivity contribution is 14.1. The molecule has 0 radical (unpaired) electrons. The predicted octanol–water partition coefficient (Wildman–Crippen LogP) is 7.62. The maximum Gasteiger partial charge on any atom is 0.339 e. The van der Waals surface area contributed by atoms with Gasteiger partial charge in [-0.15, -0.1) is 0 Å². The molecular weight excluding hydrogens is 562 g/mol. The Labute approximate surface area is 190 Å². The molecule has 0 atom stereocenters. The lowest BCUT2D eigenvalue weighted by Crippen LogP contribution is -2.12. The summed E-state index contributed by atoms with van der Waals surface area (Å²) in [5.74, 6) is 0.986. The van der Waals surface area contributed by atoms with Gasteiger partial charge in [-0.2, -0.15) is 0 Å². The smallest absolute Gasteiger partial charge is 0.339 e. The zero-order valence-electron chi connectivity index (χ0n) is 16.9. The van der Waals surface area contributed by atoms with E-state index >= 15 is 0 Å². The quantitative estimate of drug-likeness (QED) is 0.256. The van der Waals surface area contributed by atoms with Gasteiger partial charge in [0, 0.05) is 7.14 Å². The minimum atomic E-state index is -0.254. The molecule has 0 aliphatic carbocycles. The largest absolute Gasteiger partial charge is 0.457 e. The Bertz CT molecular complexity index is 794. The van der Waals surface area contributed by atoms with E-state index in [1.165, 1.54) is 22.3 Å². The molecule has 27 heavy (non-hydrogen) atoms. The van der Waals surface area contributed by atoms with Gasteiger partial charge in [0.25, 0.3) is 0 Å². The molecule has 2 aromatic carbocycles. The molecule has 2 rings (SSSR count). The van der Waals surface area contributed by atoms with Crippen molar-refractivity contribution in [3.8, 4) is 0 Å². The van der Waals surface area contributed by atoms with Crippen molar-refractivity contribution in [3.63, 3.8) is 0 Å². The number of ether oxygens (including phenoxy) is 1. The van der Waals surface area contributed by atoms with Gasteiger partial charge in [-0.05, 0) is 103 Å². The Hall–Kier alpha value is -0.630. The normalized spacial score (nSPS) is 11.5. The molecule has 0 amide bonds. The molecule has 0 heterocycles. The summed E-state index contributed by atoms with van der Waals surface area (Å²) in [6.45, 7) is 13.6. The summed E-state index contributed by atoms with van der Waals surface area (Å²) >= 11 is 4.41. The average molecular weight is 590 g/mol. The molecule has 0 saturated carbocycles. The number of carbonyl (C=O) groups is 1.